The molecule has 1 aromatic rings. The summed E-state index contributed by atoms with van der Waals surface area (Å²) in [5.41, 5.74) is 1.23. The lowest BCUT2D eigenvalue weighted by atomic mass is 10.1. The Morgan fingerprint density at radius 2 is 1.75 bits per heavy atom. The summed E-state index contributed by atoms with van der Waals surface area (Å²) in [6.07, 6.45) is 0. The van der Waals surface area contributed by atoms with Crippen LogP contribution in [-0.2, 0) is 16.8 Å². The van der Waals surface area contributed by atoms with E-state index in [0.29, 0.717) is 12.6 Å². The van der Waals surface area contributed by atoms with Gasteiger partial charge in [-0.1, -0.05) is 30.3 Å². The van der Waals surface area contributed by atoms with E-state index < -0.39 is 10.2 Å². The fourth-order valence-electron chi connectivity index (χ4n) is 1.99. The molecule has 0 saturated heterocycles. The molecule has 0 saturated carbocycles. The minimum Gasteiger partial charge on any atom is -0.295 e. The van der Waals surface area contributed by atoms with Crippen molar-refractivity contribution in [1.82, 2.24) is 14.3 Å². The zero-order valence-electron chi connectivity index (χ0n) is 12.6. The second kappa shape index (κ2) is 7.73. The van der Waals surface area contributed by atoms with Crippen molar-refractivity contribution in [3.05, 3.63) is 35.9 Å². The van der Waals surface area contributed by atoms with Gasteiger partial charge in [0.15, 0.2) is 0 Å². The summed E-state index contributed by atoms with van der Waals surface area (Å²) in [7, 11) is -1.99. The molecule has 1 aromatic carbocycles. The van der Waals surface area contributed by atoms with Crippen molar-refractivity contribution in [1.29, 1.82) is 0 Å². The molecule has 1 atom stereocenters. The van der Waals surface area contributed by atoms with Crippen LogP contribution in [0, 0.1) is 0 Å². The Kier molecular flexibility index (Phi) is 6.61. The normalized spacial score (nSPS) is 13.9. The molecule has 6 heteroatoms. The first kappa shape index (κ1) is 17.1. The van der Waals surface area contributed by atoms with E-state index >= 15 is 0 Å². The highest BCUT2D eigenvalue weighted by molar-refractivity contribution is 7.87. The first-order valence-electron chi connectivity index (χ1n) is 6.83. The van der Waals surface area contributed by atoms with Gasteiger partial charge in [-0.3, -0.25) is 4.90 Å². The van der Waals surface area contributed by atoms with Crippen LogP contribution < -0.4 is 9.44 Å². The zero-order chi connectivity index (χ0) is 15.2. The molecule has 0 aliphatic heterocycles. The molecule has 114 valence electrons. The molecule has 0 aliphatic rings. The maximum atomic E-state index is 11.5. The van der Waals surface area contributed by atoms with Crippen LogP contribution in [0.2, 0.25) is 0 Å². The fraction of sp³-hybridized carbons (Fsp3) is 0.571. The summed E-state index contributed by atoms with van der Waals surface area (Å²) < 4.78 is 27.8. The predicted octanol–water partition coefficient (Wildman–Crippen LogP) is 1.34. The van der Waals surface area contributed by atoms with Gasteiger partial charge in [0.2, 0.25) is 0 Å². The molecule has 2 N–H and O–H groups in total. The summed E-state index contributed by atoms with van der Waals surface area (Å²) in [5, 5.41) is 0. The maximum Gasteiger partial charge on any atom is 0.276 e. The van der Waals surface area contributed by atoms with Crippen molar-refractivity contribution in [2.24, 2.45) is 0 Å². The van der Waals surface area contributed by atoms with E-state index in [9.17, 15) is 8.42 Å². The largest absolute Gasteiger partial charge is 0.295 e. The maximum absolute atomic E-state index is 11.5. The molecule has 1 unspecified atom stereocenters. The quantitative estimate of drug-likeness (QED) is 0.761. The van der Waals surface area contributed by atoms with Crippen LogP contribution in [0.3, 0.4) is 0 Å². The van der Waals surface area contributed by atoms with Crippen molar-refractivity contribution in [2.45, 2.75) is 39.4 Å². The second-order valence-electron chi connectivity index (χ2n) is 5.24. The molecular weight excluding hydrogens is 274 g/mol. The highest BCUT2D eigenvalue weighted by atomic mass is 32.2. The van der Waals surface area contributed by atoms with Crippen molar-refractivity contribution in [2.75, 3.05) is 13.6 Å². The van der Waals surface area contributed by atoms with Crippen LogP contribution >= 0.6 is 0 Å². The van der Waals surface area contributed by atoms with Gasteiger partial charge < -0.3 is 0 Å². The number of hydrogen-bond donors (Lipinski definition) is 2. The van der Waals surface area contributed by atoms with E-state index in [1.165, 1.54) is 12.6 Å². The number of benzene rings is 1. The van der Waals surface area contributed by atoms with Gasteiger partial charge in [0.1, 0.15) is 0 Å². The van der Waals surface area contributed by atoms with E-state index in [1.54, 1.807) is 0 Å². The molecule has 0 radical (unpaired) electrons. The average Bonchev–Trinajstić information content (AvgIpc) is 2.38. The summed E-state index contributed by atoms with van der Waals surface area (Å²) in [6, 6.07) is 10.4. The number of rotatable bonds is 8. The van der Waals surface area contributed by atoms with E-state index in [1.807, 2.05) is 25.1 Å². The number of nitrogens with zero attached hydrogens (tertiary/aromatic N) is 1. The van der Waals surface area contributed by atoms with Gasteiger partial charge in [0, 0.05) is 32.2 Å². The number of nitrogens with one attached hydrogen (secondary N) is 2. The van der Waals surface area contributed by atoms with Crippen LogP contribution in [0.15, 0.2) is 30.3 Å². The van der Waals surface area contributed by atoms with Crippen molar-refractivity contribution >= 4 is 10.2 Å². The van der Waals surface area contributed by atoms with Crippen LogP contribution in [0.1, 0.15) is 26.3 Å². The molecule has 0 fully saturated rings. The molecule has 1 rings (SSSR count). The average molecular weight is 299 g/mol. The van der Waals surface area contributed by atoms with Crippen molar-refractivity contribution < 1.29 is 8.42 Å². The lowest BCUT2D eigenvalue weighted by molar-refractivity contribution is 0.199. The molecule has 0 bridgehead atoms. The molecule has 0 amide bonds. The Hall–Kier alpha value is -0.950. The highest BCUT2D eigenvalue weighted by Crippen LogP contribution is 2.09. The zero-order valence-corrected chi connectivity index (χ0v) is 13.4. The van der Waals surface area contributed by atoms with Gasteiger partial charge in [-0.05, 0) is 26.3 Å². The topological polar surface area (TPSA) is 61.4 Å². The van der Waals surface area contributed by atoms with E-state index in [4.69, 9.17) is 0 Å². The molecule has 0 aliphatic carbocycles. The van der Waals surface area contributed by atoms with Gasteiger partial charge in [0.25, 0.3) is 10.2 Å². The summed E-state index contributed by atoms with van der Waals surface area (Å²) in [4.78, 5) is 2.25. The predicted molar refractivity (Wildman–Crippen MR) is 82.6 cm³/mol. The Labute approximate surface area is 122 Å². The van der Waals surface area contributed by atoms with E-state index in [0.717, 1.165) is 6.54 Å². The monoisotopic (exact) mass is 299 g/mol. The SMILES string of the molecule is CNS(=O)(=O)NC(C)CN(Cc1ccccc1)C(C)C. The Bertz CT molecular complexity index is 488. The number of hydrogen-bond acceptors (Lipinski definition) is 3. The van der Waals surface area contributed by atoms with Gasteiger partial charge in [-0.25, -0.2) is 4.72 Å². The molecular formula is C14H25N3O2S. The summed E-state index contributed by atoms with van der Waals surface area (Å²) in [6.45, 7) is 7.57. The van der Waals surface area contributed by atoms with Crippen LogP contribution in [-0.4, -0.2) is 39.0 Å². The molecule has 5 nitrogen and oxygen atoms in total. The first-order valence-corrected chi connectivity index (χ1v) is 8.31. The molecule has 0 aromatic heterocycles. The fourth-order valence-corrected chi connectivity index (χ4v) is 2.71. The first-order chi connectivity index (χ1) is 9.34. The van der Waals surface area contributed by atoms with E-state index in [-0.39, 0.29) is 6.04 Å². The summed E-state index contributed by atoms with van der Waals surface area (Å²) >= 11 is 0. The highest BCUT2D eigenvalue weighted by Gasteiger charge is 2.17. The smallest absolute Gasteiger partial charge is 0.276 e. The standard InChI is InChI=1S/C14H25N3O2S/c1-12(2)17(11-14-8-6-5-7-9-14)10-13(3)16-20(18,19)15-4/h5-9,12-13,15-16H,10-11H2,1-4H3. The molecule has 20 heavy (non-hydrogen) atoms. The molecule has 0 heterocycles. The lowest BCUT2D eigenvalue weighted by Gasteiger charge is -2.29. The van der Waals surface area contributed by atoms with E-state index in [2.05, 4.69) is 40.3 Å². The van der Waals surface area contributed by atoms with Crippen LogP contribution in [0.5, 0.6) is 0 Å². The van der Waals surface area contributed by atoms with Gasteiger partial charge in [-0.15, -0.1) is 0 Å². The minimum absolute atomic E-state index is 0.154. The van der Waals surface area contributed by atoms with Gasteiger partial charge in [0.05, 0.1) is 0 Å². The summed E-state index contributed by atoms with van der Waals surface area (Å²) in [5.74, 6) is 0. The third kappa shape index (κ3) is 6.00. The van der Waals surface area contributed by atoms with Crippen molar-refractivity contribution in [3.63, 3.8) is 0 Å². The Morgan fingerprint density at radius 1 is 1.15 bits per heavy atom. The third-order valence-electron chi connectivity index (χ3n) is 3.09. The third-order valence-corrected chi connectivity index (χ3v) is 4.34. The molecule has 0 spiro atoms. The van der Waals surface area contributed by atoms with Crippen LogP contribution in [0.4, 0.5) is 0 Å². The van der Waals surface area contributed by atoms with Gasteiger partial charge >= 0.3 is 0 Å². The minimum atomic E-state index is -3.39. The van der Waals surface area contributed by atoms with Gasteiger partial charge in [-0.2, -0.15) is 13.1 Å². The Balaban J connectivity index is 2.64. The second-order valence-corrected chi connectivity index (χ2v) is 6.89. The van der Waals surface area contributed by atoms with Crippen molar-refractivity contribution in [3.8, 4) is 0 Å². The van der Waals surface area contributed by atoms with Crippen LogP contribution in [0.25, 0.3) is 0 Å². The Morgan fingerprint density at radius 3 is 2.25 bits per heavy atom. The lowest BCUT2D eigenvalue weighted by Crippen LogP contribution is -2.46.